The molecule has 0 atom stereocenters. The van der Waals surface area contributed by atoms with Gasteiger partial charge in [0.15, 0.2) is 0 Å². The Balaban J connectivity index is 1.52. The molecule has 2 aromatic heterocycles. The van der Waals surface area contributed by atoms with Crippen LogP contribution in [0.1, 0.15) is 40.1 Å². The average molecular weight is 480 g/mol. The molecule has 1 aliphatic carbocycles. The van der Waals surface area contributed by atoms with Crippen molar-refractivity contribution in [2.24, 2.45) is 5.10 Å². The molecule has 2 aromatic carbocycles. The van der Waals surface area contributed by atoms with Gasteiger partial charge in [-0.15, -0.1) is 0 Å². The van der Waals surface area contributed by atoms with E-state index in [-0.39, 0.29) is 16.9 Å². The Morgan fingerprint density at radius 1 is 1.23 bits per heavy atom. The molecule has 156 valence electrons. The lowest BCUT2D eigenvalue weighted by Gasteiger charge is -2.10. The molecule has 0 fully saturated rings. The van der Waals surface area contributed by atoms with E-state index in [4.69, 9.17) is 4.42 Å². The monoisotopic (exact) mass is 479 g/mol. The Morgan fingerprint density at radius 3 is 2.90 bits per heavy atom. The fourth-order valence-corrected chi connectivity index (χ4v) is 4.57. The third kappa shape index (κ3) is 3.42. The fourth-order valence-electron chi connectivity index (χ4n) is 4.15. The highest BCUT2D eigenvalue weighted by molar-refractivity contribution is 9.10. The van der Waals surface area contributed by atoms with Gasteiger partial charge in [-0.1, -0.05) is 18.2 Å². The lowest BCUT2D eigenvalue weighted by Crippen LogP contribution is -2.20. The number of H-pyrrole nitrogens is 1. The second kappa shape index (κ2) is 7.70. The molecule has 0 bridgehead atoms. The molecule has 0 unspecified atom stereocenters. The van der Waals surface area contributed by atoms with Crippen molar-refractivity contribution in [2.45, 2.75) is 25.7 Å². The highest BCUT2D eigenvalue weighted by atomic mass is 79.9. The number of amides is 1. The molecule has 5 rings (SSSR count). The molecule has 0 radical (unpaired) electrons. The van der Waals surface area contributed by atoms with Crippen LogP contribution >= 0.6 is 15.9 Å². The Bertz CT molecular complexity index is 1430. The number of halogens is 1. The SMILES string of the molecule is O=C(NN=Cc1c(O)c(Br)cc2oc3c(c12)CCCC3)c1cc(=O)[nH]c2ccccc12. The molecule has 3 N–H and O–H groups in total. The summed E-state index contributed by atoms with van der Waals surface area (Å²) >= 11 is 3.36. The number of carbonyl (C=O) groups is 1. The van der Waals surface area contributed by atoms with Crippen molar-refractivity contribution in [3.63, 3.8) is 0 Å². The van der Waals surface area contributed by atoms with Crippen molar-refractivity contribution in [1.82, 2.24) is 10.4 Å². The summed E-state index contributed by atoms with van der Waals surface area (Å²) < 4.78 is 6.48. The van der Waals surface area contributed by atoms with Gasteiger partial charge in [0.2, 0.25) is 5.56 Å². The van der Waals surface area contributed by atoms with Gasteiger partial charge in [0.25, 0.3) is 5.91 Å². The van der Waals surface area contributed by atoms with Crippen LogP contribution in [0.4, 0.5) is 0 Å². The number of aryl methyl sites for hydroxylation is 2. The summed E-state index contributed by atoms with van der Waals surface area (Å²) in [6.45, 7) is 0. The number of furan rings is 1. The largest absolute Gasteiger partial charge is 0.506 e. The first-order chi connectivity index (χ1) is 15.0. The number of benzene rings is 2. The Hall–Kier alpha value is -3.39. The number of pyridine rings is 1. The van der Waals surface area contributed by atoms with Crippen LogP contribution in [0.5, 0.6) is 5.75 Å². The summed E-state index contributed by atoms with van der Waals surface area (Å²) in [5.74, 6) is 0.451. The number of hydrazone groups is 1. The zero-order valence-corrected chi connectivity index (χ0v) is 18.0. The molecule has 8 heteroatoms. The van der Waals surface area contributed by atoms with Crippen LogP contribution in [-0.4, -0.2) is 22.2 Å². The molecule has 0 spiro atoms. The van der Waals surface area contributed by atoms with Crippen molar-refractivity contribution in [2.75, 3.05) is 0 Å². The second-order valence-electron chi connectivity index (χ2n) is 7.50. The molecular formula is C23H18BrN3O4. The number of nitrogens with zero attached hydrogens (tertiary/aromatic N) is 1. The van der Waals surface area contributed by atoms with Gasteiger partial charge in [-0.3, -0.25) is 9.59 Å². The van der Waals surface area contributed by atoms with Crippen molar-refractivity contribution >= 4 is 49.9 Å². The van der Waals surface area contributed by atoms with Gasteiger partial charge in [-0.2, -0.15) is 5.10 Å². The first-order valence-corrected chi connectivity index (χ1v) is 10.7. The van der Waals surface area contributed by atoms with E-state index in [2.05, 4.69) is 31.4 Å². The van der Waals surface area contributed by atoms with Crippen LogP contribution in [0.15, 0.2) is 55.2 Å². The smallest absolute Gasteiger partial charge is 0.272 e. The molecule has 0 saturated heterocycles. The number of fused-ring (bicyclic) bond motifs is 4. The van der Waals surface area contributed by atoms with Crippen LogP contribution in [0.2, 0.25) is 0 Å². The van der Waals surface area contributed by atoms with Gasteiger partial charge in [0, 0.05) is 39.9 Å². The van der Waals surface area contributed by atoms with Gasteiger partial charge < -0.3 is 14.5 Å². The molecule has 0 aliphatic heterocycles. The number of aromatic amines is 1. The van der Waals surface area contributed by atoms with Crippen LogP contribution in [0.3, 0.4) is 0 Å². The van der Waals surface area contributed by atoms with Gasteiger partial charge in [0.05, 0.1) is 16.3 Å². The van der Waals surface area contributed by atoms with Crippen LogP contribution in [0, 0.1) is 0 Å². The molecule has 4 aromatic rings. The summed E-state index contributed by atoms with van der Waals surface area (Å²) in [5, 5.41) is 16.1. The molecule has 0 saturated carbocycles. The molecule has 1 aliphatic rings. The number of para-hydroxylation sites is 1. The summed E-state index contributed by atoms with van der Waals surface area (Å²) in [6.07, 6.45) is 5.28. The average Bonchev–Trinajstić information content (AvgIpc) is 3.13. The van der Waals surface area contributed by atoms with Crippen molar-refractivity contribution in [3.05, 3.63) is 73.7 Å². The number of phenolic OH excluding ortho intramolecular Hbond substituents is 1. The highest BCUT2D eigenvalue weighted by Crippen LogP contribution is 2.40. The van der Waals surface area contributed by atoms with Gasteiger partial charge in [-0.25, -0.2) is 5.43 Å². The molecular weight excluding hydrogens is 462 g/mol. The third-order valence-corrected chi connectivity index (χ3v) is 6.17. The first kappa shape index (κ1) is 19.6. The van der Waals surface area contributed by atoms with Crippen LogP contribution < -0.4 is 11.0 Å². The summed E-state index contributed by atoms with van der Waals surface area (Å²) in [6, 6.07) is 10.1. The highest BCUT2D eigenvalue weighted by Gasteiger charge is 2.23. The van der Waals surface area contributed by atoms with Gasteiger partial charge in [-0.05, 0) is 47.3 Å². The maximum atomic E-state index is 12.7. The molecule has 31 heavy (non-hydrogen) atoms. The van der Waals surface area contributed by atoms with E-state index in [0.29, 0.717) is 26.5 Å². The standard InChI is InChI=1S/C23H18BrN3O4/c24-16-10-19-21(13-6-2-4-8-18(13)31-19)15(22(16)29)11-25-27-23(30)14-9-20(28)26-17-7-3-1-5-12(14)17/h1,3,5,7,9-11,29H,2,4,6,8H2,(H,26,28)(H,27,30). The Morgan fingerprint density at radius 2 is 2.03 bits per heavy atom. The third-order valence-electron chi connectivity index (χ3n) is 5.56. The van der Waals surface area contributed by atoms with Crippen molar-refractivity contribution in [3.8, 4) is 5.75 Å². The second-order valence-corrected chi connectivity index (χ2v) is 8.35. The predicted molar refractivity (Wildman–Crippen MR) is 122 cm³/mol. The zero-order chi connectivity index (χ0) is 21.5. The number of aromatic hydroxyl groups is 1. The van der Waals surface area contributed by atoms with E-state index < -0.39 is 5.91 Å². The topological polar surface area (TPSA) is 108 Å². The summed E-state index contributed by atoms with van der Waals surface area (Å²) in [5.41, 5.74) is 5.12. The van der Waals surface area contributed by atoms with E-state index in [1.54, 1.807) is 30.3 Å². The van der Waals surface area contributed by atoms with E-state index in [1.165, 1.54) is 12.3 Å². The predicted octanol–water partition coefficient (Wildman–Crippen LogP) is 4.39. The lowest BCUT2D eigenvalue weighted by molar-refractivity contribution is 0.0956. The van der Waals surface area contributed by atoms with E-state index in [0.717, 1.165) is 42.4 Å². The van der Waals surface area contributed by atoms with E-state index >= 15 is 0 Å². The van der Waals surface area contributed by atoms with Crippen LogP contribution in [0.25, 0.3) is 21.9 Å². The van der Waals surface area contributed by atoms with Gasteiger partial charge in [0.1, 0.15) is 17.1 Å². The Kier molecular flexibility index (Phi) is 4.86. The Labute approximate surface area is 184 Å². The zero-order valence-electron chi connectivity index (χ0n) is 16.4. The number of phenols is 1. The number of hydrogen-bond acceptors (Lipinski definition) is 5. The maximum absolute atomic E-state index is 12.7. The van der Waals surface area contributed by atoms with E-state index in [1.807, 2.05) is 0 Å². The first-order valence-electron chi connectivity index (χ1n) is 9.94. The van der Waals surface area contributed by atoms with E-state index in [9.17, 15) is 14.7 Å². The maximum Gasteiger partial charge on any atom is 0.272 e. The summed E-state index contributed by atoms with van der Waals surface area (Å²) in [4.78, 5) is 27.4. The summed E-state index contributed by atoms with van der Waals surface area (Å²) in [7, 11) is 0. The number of carbonyl (C=O) groups excluding carboxylic acids is 1. The molecule has 1 amide bonds. The number of hydrogen-bond donors (Lipinski definition) is 3. The minimum Gasteiger partial charge on any atom is -0.506 e. The van der Waals surface area contributed by atoms with Crippen molar-refractivity contribution < 1.29 is 14.3 Å². The van der Waals surface area contributed by atoms with Gasteiger partial charge >= 0.3 is 0 Å². The molecule has 7 nitrogen and oxygen atoms in total. The normalized spacial score (nSPS) is 13.7. The molecule has 2 heterocycles. The van der Waals surface area contributed by atoms with Crippen molar-refractivity contribution in [1.29, 1.82) is 0 Å². The number of rotatable bonds is 3. The minimum atomic E-state index is -0.515. The minimum absolute atomic E-state index is 0.0290. The quantitative estimate of drug-likeness (QED) is 0.299. The number of nitrogens with one attached hydrogen (secondary N) is 2. The fraction of sp³-hybridized carbons (Fsp3) is 0.174. The lowest BCUT2D eigenvalue weighted by atomic mass is 9.94. The number of aromatic nitrogens is 1. The van der Waals surface area contributed by atoms with Crippen LogP contribution in [-0.2, 0) is 12.8 Å².